The number of hydrogen-bond donors (Lipinski definition) is 1. The van der Waals surface area contributed by atoms with Crippen molar-refractivity contribution in [2.24, 2.45) is 0 Å². The van der Waals surface area contributed by atoms with Gasteiger partial charge in [-0.15, -0.1) is 0 Å². The normalized spacial score (nSPS) is 10.4. The molecule has 0 unspecified atom stereocenters. The van der Waals surface area contributed by atoms with Crippen LogP contribution in [-0.2, 0) is 0 Å². The first-order chi connectivity index (χ1) is 9.58. The molecule has 20 heavy (non-hydrogen) atoms. The monoisotopic (exact) mass is 298 g/mol. The number of pyridine rings is 1. The number of nitrogens with zero attached hydrogens (tertiary/aromatic N) is 1. The van der Waals surface area contributed by atoms with E-state index in [4.69, 9.17) is 11.6 Å². The number of carbonyl (C=O) groups excluding carboxylic acids is 1. The SMILES string of the molecule is O=C(Nc1ccccc1OC(F)F)c1cnccc1Cl. The molecule has 4 nitrogen and oxygen atoms in total. The fraction of sp³-hybridized carbons (Fsp3) is 0.0769. The number of amides is 1. The van der Waals surface area contributed by atoms with E-state index in [0.29, 0.717) is 0 Å². The van der Waals surface area contributed by atoms with E-state index in [1.54, 1.807) is 6.07 Å². The summed E-state index contributed by atoms with van der Waals surface area (Å²) in [7, 11) is 0. The van der Waals surface area contributed by atoms with Crippen molar-refractivity contribution in [3.05, 3.63) is 53.3 Å². The molecule has 0 aliphatic rings. The van der Waals surface area contributed by atoms with Crippen molar-refractivity contribution in [2.45, 2.75) is 6.61 Å². The predicted molar refractivity (Wildman–Crippen MR) is 70.3 cm³/mol. The zero-order chi connectivity index (χ0) is 14.5. The molecule has 1 N–H and O–H groups in total. The minimum absolute atomic E-state index is 0.123. The number of rotatable bonds is 4. The molecule has 2 rings (SSSR count). The number of halogens is 3. The van der Waals surface area contributed by atoms with Gasteiger partial charge in [0.05, 0.1) is 16.3 Å². The van der Waals surface area contributed by atoms with Gasteiger partial charge in [-0.2, -0.15) is 8.78 Å². The molecular weight excluding hydrogens is 290 g/mol. The lowest BCUT2D eigenvalue weighted by molar-refractivity contribution is -0.0493. The molecule has 0 spiro atoms. The van der Waals surface area contributed by atoms with E-state index in [1.165, 1.54) is 36.7 Å². The fourth-order valence-corrected chi connectivity index (χ4v) is 1.69. The number of para-hydroxylation sites is 2. The molecule has 1 amide bonds. The highest BCUT2D eigenvalue weighted by atomic mass is 35.5. The third-order valence-corrected chi connectivity index (χ3v) is 2.69. The third kappa shape index (κ3) is 3.42. The minimum atomic E-state index is -2.98. The number of carbonyl (C=O) groups is 1. The fourth-order valence-electron chi connectivity index (χ4n) is 1.50. The molecule has 1 aromatic heterocycles. The van der Waals surface area contributed by atoms with Crippen molar-refractivity contribution in [3.63, 3.8) is 0 Å². The van der Waals surface area contributed by atoms with Crippen LogP contribution in [0.5, 0.6) is 5.75 Å². The highest BCUT2D eigenvalue weighted by Gasteiger charge is 2.14. The molecule has 0 bridgehead atoms. The third-order valence-electron chi connectivity index (χ3n) is 2.36. The summed E-state index contributed by atoms with van der Waals surface area (Å²) in [5.74, 6) is -0.690. The number of nitrogens with one attached hydrogen (secondary N) is 1. The molecule has 104 valence electrons. The van der Waals surface area contributed by atoms with Gasteiger partial charge in [0, 0.05) is 12.4 Å². The molecule has 7 heteroatoms. The zero-order valence-electron chi connectivity index (χ0n) is 10.0. The lowest BCUT2D eigenvalue weighted by atomic mass is 10.2. The maximum Gasteiger partial charge on any atom is 0.387 e. The Bertz CT molecular complexity index is 623. The molecule has 1 aromatic carbocycles. The predicted octanol–water partition coefficient (Wildman–Crippen LogP) is 3.59. The van der Waals surface area contributed by atoms with Crippen LogP contribution in [0.25, 0.3) is 0 Å². The Hall–Kier alpha value is -2.21. The lowest BCUT2D eigenvalue weighted by Gasteiger charge is -2.11. The van der Waals surface area contributed by atoms with E-state index in [2.05, 4.69) is 15.0 Å². The highest BCUT2D eigenvalue weighted by molar-refractivity contribution is 6.34. The Kier molecular flexibility index (Phi) is 4.47. The number of hydrogen-bond acceptors (Lipinski definition) is 3. The highest BCUT2D eigenvalue weighted by Crippen LogP contribution is 2.26. The standard InChI is InChI=1S/C13H9ClF2N2O2/c14-9-5-6-17-7-8(9)12(19)18-10-3-1-2-4-11(10)20-13(15)16/h1-7,13H,(H,18,19). The van der Waals surface area contributed by atoms with Gasteiger partial charge in [0.2, 0.25) is 0 Å². The Morgan fingerprint density at radius 3 is 2.75 bits per heavy atom. The van der Waals surface area contributed by atoms with Crippen molar-refractivity contribution in [1.82, 2.24) is 4.98 Å². The molecule has 0 radical (unpaired) electrons. The van der Waals surface area contributed by atoms with Crippen LogP contribution in [0.1, 0.15) is 10.4 Å². The van der Waals surface area contributed by atoms with Crippen LogP contribution < -0.4 is 10.1 Å². The Labute approximate surface area is 118 Å². The van der Waals surface area contributed by atoms with Crippen LogP contribution in [0.15, 0.2) is 42.7 Å². The van der Waals surface area contributed by atoms with Crippen LogP contribution in [-0.4, -0.2) is 17.5 Å². The topological polar surface area (TPSA) is 51.2 Å². The Morgan fingerprint density at radius 1 is 1.30 bits per heavy atom. The van der Waals surface area contributed by atoms with E-state index < -0.39 is 12.5 Å². The first kappa shape index (κ1) is 14.2. The van der Waals surface area contributed by atoms with Crippen molar-refractivity contribution in [2.75, 3.05) is 5.32 Å². The zero-order valence-corrected chi connectivity index (χ0v) is 10.8. The summed E-state index contributed by atoms with van der Waals surface area (Å²) in [5, 5.41) is 2.66. The quantitative estimate of drug-likeness (QED) is 0.938. The second kappa shape index (κ2) is 6.29. The summed E-state index contributed by atoms with van der Waals surface area (Å²) >= 11 is 5.86. The summed E-state index contributed by atoms with van der Waals surface area (Å²) in [5.41, 5.74) is 0.263. The van der Waals surface area contributed by atoms with Crippen molar-refractivity contribution < 1.29 is 18.3 Å². The maximum absolute atomic E-state index is 12.3. The van der Waals surface area contributed by atoms with Gasteiger partial charge in [-0.25, -0.2) is 0 Å². The Morgan fingerprint density at radius 2 is 2.05 bits per heavy atom. The smallest absolute Gasteiger partial charge is 0.387 e. The minimum Gasteiger partial charge on any atom is -0.433 e. The number of benzene rings is 1. The van der Waals surface area contributed by atoms with E-state index in [-0.39, 0.29) is 22.0 Å². The van der Waals surface area contributed by atoms with Gasteiger partial charge in [0.1, 0.15) is 5.75 Å². The van der Waals surface area contributed by atoms with Gasteiger partial charge in [-0.05, 0) is 18.2 Å². The van der Waals surface area contributed by atoms with E-state index in [0.717, 1.165) is 0 Å². The van der Waals surface area contributed by atoms with Crippen molar-refractivity contribution in [3.8, 4) is 5.75 Å². The Balaban J connectivity index is 2.22. The van der Waals surface area contributed by atoms with Gasteiger partial charge in [0.15, 0.2) is 0 Å². The first-order valence-corrected chi connectivity index (χ1v) is 5.90. The molecule has 0 saturated carbocycles. The average Bonchev–Trinajstić information content (AvgIpc) is 2.41. The number of aromatic nitrogens is 1. The molecule has 0 fully saturated rings. The van der Waals surface area contributed by atoms with Crippen LogP contribution in [0.4, 0.5) is 14.5 Å². The van der Waals surface area contributed by atoms with Crippen LogP contribution in [0, 0.1) is 0 Å². The molecular formula is C13H9ClF2N2O2. The van der Waals surface area contributed by atoms with E-state index >= 15 is 0 Å². The van der Waals surface area contributed by atoms with Gasteiger partial charge in [0.25, 0.3) is 5.91 Å². The van der Waals surface area contributed by atoms with Crippen molar-refractivity contribution in [1.29, 1.82) is 0 Å². The van der Waals surface area contributed by atoms with Gasteiger partial charge in [-0.3, -0.25) is 9.78 Å². The van der Waals surface area contributed by atoms with Gasteiger partial charge >= 0.3 is 6.61 Å². The summed E-state index contributed by atoms with van der Waals surface area (Å²) < 4.78 is 28.8. The summed E-state index contributed by atoms with van der Waals surface area (Å²) in [6, 6.07) is 7.33. The molecule has 2 aromatic rings. The summed E-state index contributed by atoms with van der Waals surface area (Å²) in [6.45, 7) is -2.98. The van der Waals surface area contributed by atoms with E-state index in [1.807, 2.05) is 0 Å². The van der Waals surface area contributed by atoms with Gasteiger partial charge < -0.3 is 10.1 Å². The maximum atomic E-state index is 12.3. The molecule has 0 atom stereocenters. The molecule has 1 heterocycles. The van der Waals surface area contributed by atoms with Crippen LogP contribution in [0.2, 0.25) is 5.02 Å². The summed E-state index contributed by atoms with van der Waals surface area (Å²) in [6.07, 6.45) is 2.72. The first-order valence-electron chi connectivity index (χ1n) is 5.52. The molecule has 0 aliphatic heterocycles. The number of ether oxygens (including phenoxy) is 1. The van der Waals surface area contributed by atoms with Crippen LogP contribution >= 0.6 is 11.6 Å². The van der Waals surface area contributed by atoms with E-state index in [9.17, 15) is 13.6 Å². The van der Waals surface area contributed by atoms with Crippen LogP contribution in [0.3, 0.4) is 0 Å². The number of alkyl halides is 2. The largest absolute Gasteiger partial charge is 0.433 e. The summed E-state index contributed by atoms with van der Waals surface area (Å²) in [4.78, 5) is 15.8. The second-order valence-electron chi connectivity index (χ2n) is 3.68. The average molecular weight is 299 g/mol. The molecule has 0 aliphatic carbocycles. The molecule has 0 saturated heterocycles. The van der Waals surface area contributed by atoms with Crippen molar-refractivity contribution >= 4 is 23.2 Å². The van der Waals surface area contributed by atoms with Gasteiger partial charge in [-0.1, -0.05) is 23.7 Å². The number of anilines is 1. The lowest BCUT2D eigenvalue weighted by Crippen LogP contribution is -2.14. The second-order valence-corrected chi connectivity index (χ2v) is 4.09.